The van der Waals surface area contributed by atoms with E-state index < -0.39 is 0 Å². The molecular weight excluding hydrogens is 585 g/mol. The summed E-state index contributed by atoms with van der Waals surface area (Å²) in [6.07, 6.45) is 2.03. The van der Waals surface area contributed by atoms with Crippen molar-refractivity contribution < 1.29 is 0 Å². The number of pyridine rings is 3. The first-order valence-corrected chi connectivity index (χ1v) is 16.2. The standard InChI is InChI=1S/C44H30N4/c1-29-38(32-21-19-31(20-22-32)30-12-4-2-5-13-30)28-39(45-41(29)34-14-6-3-7-15-34)33-23-25-35(26-24-33)42-36-16-8-9-17-37(36)43-44(47-42)48-27-11-10-18-40(48)46-43/h2-28H,1H3. The molecule has 0 spiro atoms. The SMILES string of the molecule is Cc1c(-c2ccc(-c3ccccc3)cc2)cc(-c2ccc(-c3nc4c(nc5ccccn54)c4ccccc34)cc2)nc1-c1ccccc1. The van der Waals surface area contributed by atoms with Crippen molar-refractivity contribution in [3.8, 4) is 56.0 Å². The third-order valence-corrected chi connectivity index (χ3v) is 9.24. The number of aromatic nitrogens is 4. The summed E-state index contributed by atoms with van der Waals surface area (Å²) >= 11 is 0. The Morgan fingerprint density at radius 2 is 1.00 bits per heavy atom. The molecule has 0 bridgehead atoms. The van der Waals surface area contributed by atoms with Gasteiger partial charge in [0.2, 0.25) is 0 Å². The van der Waals surface area contributed by atoms with Gasteiger partial charge in [0.1, 0.15) is 11.2 Å². The molecule has 0 fully saturated rings. The molecule has 0 aliphatic carbocycles. The molecule has 0 aliphatic heterocycles. The summed E-state index contributed by atoms with van der Waals surface area (Å²) in [6.45, 7) is 2.18. The van der Waals surface area contributed by atoms with E-state index in [1.807, 2.05) is 30.5 Å². The van der Waals surface area contributed by atoms with E-state index in [9.17, 15) is 0 Å². The zero-order valence-electron chi connectivity index (χ0n) is 26.4. The van der Waals surface area contributed by atoms with Crippen LogP contribution in [-0.2, 0) is 0 Å². The van der Waals surface area contributed by atoms with Crippen LogP contribution in [0.3, 0.4) is 0 Å². The summed E-state index contributed by atoms with van der Waals surface area (Å²) in [5.41, 5.74) is 14.7. The van der Waals surface area contributed by atoms with Crippen LogP contribution in [0.4, 0.5) is 0 Å². The van der Waals surface area contributed by atoms with Crippen LogP contribution in [0.15, 0.2) is 164 Å². The van der Waals surface area contributed by atoms with E-state index in [0.717, 1.165) is 66.9 Å². The summed E-state index contributed by atoms with van der Waals surface area (Å²) in [5, 5.41) is 2.18. The summed E-state index contributed by atoms with van der Waals surface area (Å²) in [6, 6.07) is 55.2. The lowest BCUT2D eigenvalue weighted by Gasteiger charge is -2.15. The Morgan fingerprint density at radius 1 is 0.438 bits per heavy atom. The monoisotopic (exact) mass is 614 g/mol. The third kappa shape index (κ3) is 4.74. The minimum absolute atomic E-state index is 0.860. The molecule has 0 unspecified atom stereocenters. The van der Waals surface area contributed by atoms with Crippen LogP contribution in [-0.4, -0.2) is 19.4 Å². The topological polar surface area (TPSA) is 43.1 Å². The van der Waals surface area contributed by atoms with Gasteiger partial charge in [-0.15, -0.1) is 0 Å². The second-order valence-corrected chi connectivity index (χ2v) is 12.1. The molecule has 48 heavy (non-hydrogen) atoms. The molecule has 226 valence electrons. The van der Waals surface area contributed by atoms with E-state index in [2.05, 4.69) is 145 Å². The molecule has 0 N–H and O–H groups in total. The van der Waals surface area contributed by atoms with E-state index >= 15 is 0 Å². The highest BCUT2D eigenvalue weighted by Crippen LogP contribution is 2.37. The molecule has 0 saturated heterocycles. The Kier molecular flexibility index (Phi) is 6.65. The van der Waals surface area contributed by atoms with E-state index in [0.29, 0.717) is 0 Å². The van der Waals surface area contributed by atoms with Crippen LogP contribution < -0.4 is 0 Å². The molecule has 4 nitrogen and oxygen atoms in total. The summed E-state index contributed by atoms with van der Waals surface area (Å²) in [4.78, 5) is 15.4. The van der Waals surface area contributed by atoms with Crippen molar-refractivity contribution in [1.29, 1.82) is 0 Å². The van der Waals surface area contributed by atoms with E-state index in [1.165, 1.54) is 22.3 Å². The molecule has 9 rings (SSSR count). The van der Waals surface area contributed by atoms with Gasteiger partial charge in [-0.3, -0.25) is 4.40 Å². The van der Waals surface area contributed by atoms with Crippen LogP contribution >= 0.6 is 0 Å². The average Bonchev–Trinajstić information content (AvgIpc) is 3.54. The maximum atomic E-state index is 5.26. The van der Waals surface area contributed by atoms with Gasteiger partial charge >= 0.3 is 0 Å². The first-order chi connectivity index (χ1) is 23.7. The molecule has 4 heterocycles. The lowest BCUT2D eigenvalue weighted by atomic mass is 9.93. The number of rotatable bonds is 5. The number of hydrogen-bond donors (Lipinski definition) is 0. The Bertz CT molecular complexity index is 2590. The Morgan fingerprint density at radius 3 is 1.75 bits per heavy atom. The molecule has 0 atom stereocenters. The quantitative estimate of drug-likeness (QED) is 0.194. The largest absolute Gasteiger partial charge is 0.284 e. The first kappa shape index (κ1) is 27.9. The third-order valence-electron chi connectivity index (χ3n) is 9.24. The van der Waals surface area contributed by atoms with Gasteiger partial charge in [0.15, 0.2) is 5.65 Å². The van der Waals surface area contributed by atoms with Crippen molar-refractivity contribution >= 4 is 27.6 Å². The maximum Gasteiger partial charge on any atom is 0.165 e. The van der Waals surface area contributed by atoms with Crippen molar-refractivity contribution in [2.75, 3.05) is 0 Å². The van der Waals surface area contributed by atoms with Gasteiger partial charge in [0.05, 0.1) is 17.1 Å². The van der Waals surface area contributed by atoms with Crippen molar-refractivity contribution in [3.63, 3.8) is 0 Å². The molecule has 0 radical (unpaired) electrons. The van der Waals surface area contributed by atoms with Crippen molar-refractivity contribution in [2.45, 2.75) is 6.92 Å². The number of hydrogen-bond acceptors (Lipinski definition) is 3. The van der Waals surface area contributed by atoms with Crippen LogP contribution in [0.1, 0.15) is 5.56 Å². The number of nitrogens with zero attached hydrogens (tertiary/aromatic N) is 4. The Hall–Kier alpha value is -6.39. The Balaban J connectivity index is 1.16. The fraction of sp³-hybridized carbons (Fsp3) is 0.0227. The van der Waals surface area contributed by atoms with Gasteiger partial charge in [-0.2, -0.15) is 0 Å². The van der Waals surface area contributed by atoms with Crippen LogP contribution in [0, 0.1) is 6.92 Å². The maximum absolute atomic E-state index is 5.26. The normalized spacial score (nSPS) is 11.4. The predicted octanol–water partition coefficient (Wildman–Crippen LogP) is 11.1. The molecule has 0 aliphatic rings. The van der Waals surface area contributed by atoms with Crippen molar-refractivity contribution in [2.24, 2.45) is 0 Å². The van der Waals surface area contributed by atoms with Crippen molar-refractivity contribution in [3.05, 3.63) is 169 Å². The number of imidazole rings is 1. The van der Waals surface area contributed by atoms with Crippen LogP contribution in [0.25, 0.3) is 83.6 Å². The minimum atomic E-state index is 0.860. The zero-order chi connectivity index (χ0) is 32.0. The smallest absolute Gasteiger partial charge is 0.165 e. The molecule has 4 aromatic heterocycles. The number of benzene rings is 5. The number of fused-ring (bicyclic) bond motifs is 5. The lowest BCUT2D eigenvalue weighted by Crippen LogP contribution is -1.96. The summed E-state index contributed by atoms with van der Waals surface area (Å²) < 4.78 is 2.06. The predicted molar refractivity (Wildman–Crippen MR) is 198 cm³/mol. The molecule has 4 heteroatoms. The van der Waals surface area contributed by atoms with E-state index in [1.54, 1.807) is 0 Å². The minimum Gasteiger partial charge on any atom is -0.284 e. The van der Waals surface area contributed by atoms with Gasteiger partial charge in [-0.1, -0.05) is 140 Å². The highest BCUT2D eigenvalue weighted by Gasteiger charge is 2.17. The molecular formula is C44H30N4. The Labute approximate surface area is 278 Å². The molecule has 0 saturated carbocycles. The van der Waals surface area contributed by atoms with Gasteiger partial charge in [0, 0.05) is 33.7 Å². The molecule has 0 amide bonds. The van der Waals surface area contributed by atoms with Gasteiger partial charge < -0.3 is 0 Å². The second kappa shape index (κ2) is 11.4. The second-order valence-electron chi connectivity index (χ2n) is 12.1. The first-order valence-electron chi connectivity index (χ1n) is 16.2. The highest BCUT2D eigenvalue weighted by atomic mass is 15.1. The van der Waals surface area contributed by atoms with E-state index in [4.69, 9.17) is 15.0 Å². The fourth-order valence-electron chi connectivity index (χ4n) is 6.76. The van der Waals surface area contributed by atoms with Crippen LogP contribution in [0.5, 0.6) is 0 Å². The molecule has 5 aromatic carbocycles. The summed E-state index contributed by atoms with van der Waals surface area (Å²) in [7, 11) is 0. The lowest BCUT2D eigenvalue weighted by molar-refractivity contribution is 1.19. The van der Waals surface area contributed by atoms with Crippen LogP contribution in [0.2, 0.25) is 0 Å². The van der Waals surface area contributed by atoms with Crippen molar-refractivity contribution in [1.82, 2.24) is 19.4 Å². The highest BCUT2D eigenvalue weighted by molar-refractivity contribution is 6.09. The summed E-state index contributed by atoms with van der Waals surface area (Å²) in [5.74, 6) is 0. The van der Waals surface area contributed by atoms with Gasteiger partial charge in [-0.25, -0.2) is 15.0 Å². The van der Waals surface area contributed by atoms with Gasteiger partial charge in [-0.05, 0) is 52.9 Å². The van der Waals surface area contributed by atoms with E-state index in [-0.39, 0.29) is 0 Å². The average molecular weight is 615 g/mol. The fourth-order valence-corrected chi connectivity index (χ4v) is 6.76. The zero-order valence-corrected chi connectivity index (χ0v) is 26.4. The molecule has 9 aromatic rings. The van der Waals surface area contributed by atoms with Gasteiger partial charge in [0.25, 0.3) is 0 Å².